The number of carbonyl (C=O) groups excluding carboxylic acids is 2. The number of hydrogen-bond donors (Lipinski definition) is 1. The number of ether oxygens (including phenoxy) is 1. The van der Waals surface area contributed by atoms with Crippen LogP contribution in [0.2, 0.25) is 0 Å². The first kappa shape index (κ1) is 16.2. The first-order valence-electron chi connectivity index (χ1n) is 6.06. The van der Waals surface area contributed by atoms with E-state index in [1.165, 1.54) is 25.5 Å². The van der Waals surface area contributed by atoms with Crippen molar-refractivity contribution in [1.29, 1.82) is 0 Å². The number of aryl methyl sites for hydroxylation is 2. The average molecular weight is 343 g/mol. The zero-order chi connectivity index (χ0) is 16.5. The highest BCUT2D eigenvalue weighted by atomic mass is 32.2. The molecule has 0 fully saturated rings. The van der Waals surface area contributed by atoms with Crippen LogP contribution in [0.5, 0.6) is 0 Å². The van der Waals surface area contributed by atoms with E-state index in [1.54, 1.807) is 13.8 Å². The van der Waals surface area contributed by atoms with Crippen molar-refractivity contribution in [3.63, 3.8) is 0 Å². The van der Waals surface area contributed by atoms with Gasteiger partial charge in [0.2, 0.25) is 0 Å². The van der Waals surface area contributed by atoms with Gasteiger partial charge in [-0.15, -0.1) is 11.3 Å². The first-order valence-corrected chi connectivity index (χ1v) is 8.36. The van der Waals surface area contributed by atoms with Crippen molar-refractivity contribution in [2.45, 2.75) is 18.1 Å². The molecule has 0 aliphatic carbocycles. The van der Waals surface area contributed by atoms with Crippen LogP contribution in [0.3, 0.4) is 0 Å². The fraction of sp³-hybridized carbons (Fsp3) is 0.231. The van der Waals surface area contributed by atoms with Gasteiger partial charge in [-0.2, -0.15) is 0 Å². The molecule has 0 aliphatic rings. The summed E-state index contributed by atoms with van der Waals surface area (Å²) in [6.07, 6.45) is 1.37. The predicted molar refractivity (Wildman–Crippen MR) is 78.5 cm³/mol. The number of hydrogen-bond acceptors (Lipinski definition) is 7. The van der Waals surface area contributed by atoms with E-state index < -0.39 is 21.9 Å². The second-order valence-electron chi connectivity index (χ2n) is 4.39. The number of sulfonamides is 1. The van der Waals surface area contributed by atoms with Gasteiger partial charge in [-0.3, -0.25) is 4.79 Å². The van der Waals surface area contributed by atoms with Crippen LogP contribution in [-0.4, -0.2) is 27.4 Å². The largest absolute Gasteiger partial charge is 0.469 e. The number of amides is 1. The van der Waals surface area contributed by atoms with Crippen LogP contribution < -0.4 is 4.72 Å². The first-order chi connectivity index (χ1) is 10.3. The Morgan fingerprint density at radius 2 is 1.95 bits per heavy atom. The molecule has 0 spiro atoms. The second-order valence-corrected chi connectivity index (χ2v) is 7.39. The smallest absolute Gasteiger partial charge is 0.348 e. The number of carbonyl (C=O) groups is 2. The van der Waals surface area contributed by atoms with Crippen LogP contribution in [0.4, 0.5) is 0 Å². The van der Waals surface area contributed by atoms with Crippen molar-refractivity contribution in [1.82, 2.24) is 4.72 Å². The van der Waals surface area contributed by atoms with Gasteiger partial charge >= 0.3 is 5.97 Å². The van der Waals surface area contributed by atoms with E-state index in [0.29, 0.717) is 11.3 Å². The summed E-state index contributed by atoms with van der Waals surface area (Å²) in [5.41, 5.74) is 0.708. The number of nitrogens with one attached hydrogen (secondary N) is 1. The van der Waals surface area contributed by atoms with Crippen molar-refractivity contribution < 1.29 is 27.2 Å². The van der Waals surface area contributed by atoms with Gasteiger partial charge < -0.3 is 9.15 Å². The summed E-state index contributed by atoms with van der Waals surface area (Å²) >= 11 is 0.719. The maximum Gasteiger partial charge on any atom is 0.348 e. The lowest BCUT2D eigenvalue weighted by molar-refractivity contribution is 0.0606. The molecule has 0 bridgehead atoms. The number of thiophene rings is 1. The Morgan fingerprint density at radius 1 is 1.27 bits per heavy atom. The normalized spacial score (nSPS) is 11.2. The van der Waals surface area contributed by atoms with Gasteiger partial charge in [0.25, 0.3) is 15.9 Å². The molecule has 2 heterocycles. The number of esters is 1. The summed E-state index contributed by atoms with van der Waals surface area (Å²) in [7, 11) is -2.87. The summed E-state index contributed by atoms with van der Waals surface area (Å²) in [5, 5.41) is 0. The third kappa shape index (κ3) is 3.04. The van der Waals surface area contributed by atoms with Gasteiger partial charge in [-0.05, 0) is 26.0 Å². The Hall–Kier alpha value is -2.13. The topological polar surface area (TPSA) is 103 Å². The summed E-state index contributed by atoms with van der Waals surface area (Å²) in [5.74, 6) is -1.09. The summed E-state index contributed by atoms with van der Waals surface area (Å²) < 4.78 is 35.7. The molecule has 0 unspecified atom stereocenters. The highest BCUT2D eigenvalue weighted by molar-refractivity contribution is 7.92. The van der Waals surface area contributed by atoms with E-state index in [1.807, 2.05) is 4.72 Å². The molecule has 2 rings (SSSR count). The lowest BCUT2D eigenvalue weighted by Gasteiger charge is -2.05. The maximum atomic E-state index is 12.2. The number of methoxy groups -OCH3 is 1. The molecule has 0 aliphatic heterocycles. The van der Waals surface area contributed by atoms with Crippen LogP contribution in [0.25, 0.3) is 0 Å². The Kier molecular flexibility index (Phi) is 4.38. The third-order valence-electron chi connectivity index (χ3n) is 2.85. The third-order valence-corrected chi connectivity index (χ3v) is 5.73. The van der Waals surface area contributed by atoms with Gasteiger partial charge in [-0.1, -0.05) is 0 Å². The SMILES string of the molecule is COC(=O)c1ccc(S(=O)(=O)NC(=O)c2c(C)coc2C)s1. The minimum Gasteiger partial charge on any atom is -0.469 e. The van der Waals surface area contributed by atoms with E-state index in [-0.39, 0.29) is 14.6 Å². The maximum absolute atomic E-state index is 12.2. The molecular formula is C13H13NO6S2. The molecule has 7 nitrogen and oxygen atoms in total. The molecule has 118 valence electrons. The van der Waals surface area contributed by atoms with E-state index >= 15 is 0 Å². The highest BCUT2D eigenvalue weighted by Gasteiger charge is 2.25. The Labute approximate surface area is 130 Å². The van der Waals surface area contributed by atoms with Gasteiger partial charge in [0.15, 0.2) is 0 Å². The standard InChI is InChI=1S/C13H13NO6S2/c1-7-6-20-8(2)11(7)12(15)14-22(17,18)10-5-4-9(21-10)13(16)19-3/h4-6H,1-3H3,(H,14,15). The summed E-state index contributed by atoms with van der Waals surface area (Å²) in [6, 6.07) is 2.56. The molecule has 0 saturated heterocycles. The summed E-state index contributed by atoms with van der Waals surface area (Å²) in [4.78, 5) is 23.6. The average Bonchev–Trinajstić information content (AvgIpc) is 3.05. The zero-order valence-electron chi connectivity index (χ0n) is 12.0. The summed E-state index contributed by atoms with van der Waals surface area (Å²) in [6.45, 7) is 3.20. The van der Waals surface area contributed by atoms with E-state index in [2.05, 4.69) is 4.74 Å². The second kappa shape index (κ2) is 5.93. The zero-order valence-corrected chi connectivity index (χ0v) is 13.6. The molecule has 2 aromatic heterocycles. The Morgan fingerprint density at radius 3 is 2.50 bits per heavy atom. The van der Waals surface area contributed by atoms with Crippen LogP contribution in [0.1, 0.15) is 31.4 Å². The van der Waals surface area contributed by atoms with E-state index in [9.17, 15) is 18.0 Å². The fourth-order valence-electron chi connectivity index (χ4n) is 1.81. The molecule has 2 aromatic rings. The van der Waals surface area contributed by atoms with Crippen molar-refractivity contribution in [3.05, 3.63) is 40.2 Å². The van der Waals surface area contributed by atoms with Crippen LogP contribution in [0, 0.1) is 13.8 Å². The van der Waals surface area contributed by atoms with Crippen LogP contribution >= 0.6 is 11.3 Å². The predicted octanol–water partition coefficient (Wildman–Crippen LogP) is 1.86. The lowest BCUT2D eigenvalue weighted by Crippen LogP contribution is -2.30. The van der Waals surface area contributed by atoms with Crippen molar-refractivity contribution in [2.24, 2.45) is 0 Å². The highest BCUT2D eigenvalue weighted by Crippen LogP contribution is 2.23. The van der Waals surface area contributed by atoms with Gasteiger partial charge in [0.05, 0.1) is 18.9 Å². The number of rotatable bonds is 4. The van der Waals surface area contributed by atoms with E-state index in [4.69, 9.17) is 4.42 Å². The Bertz CT molecular complexity index is 811. The molecule has 22 heavy (non-hydrogen) atoms. The van der Waals surface area contributed by atoms with Crippen molar-refractivity contribution >= 4 is 33.2 Å². The van der Waals surface area contributed by atoms with Gasteiger partial charge in [0.1, 0.15) is 14.8 Å². The lowest BCUT2D eigenvalue weighted by atomic mass is 10.2. The molecule has 0 atom stereocenters. The van der Waals surface area contributed by atoms with Crippen LogP contribution in [0.15, 0.2) is 27.0 Å². The van der Waals surface area contributed by atoms with Crippen molar-refractivity contribution in [3.8, 4) is 0 Å². The molecule has 9 heteroatoms. The molecule has 0 saturated carbocycles. The molecule has 1 N–H and O–H groups in total. The van der Waals surface area contributed by atoms with Gasteiger partial charge in [0, 0.05) is 5.56 Å². The van der Waals surface area contributed by atoms with Crippen molar-refractivity contribution in [2.75, 3.05) is 7.11 Å². The quantitative estimate of drug-likeness (QED) is 0.850. The molecule has 0 radical (unpaired) electrons. The monoisotopic (exact) mass is 343 g/mol. The Balaban J connectivity index is 2.26. The minimum absolute atomic E-state index is 0.131. The van der Waals surface area contributed by atoms with E-state index in [0.717, 1.165) is 11.3 Å². The fourth-order valence-corrected chi connectivity index (χ4v) is 3.99. The molecule has 1 amide bonds. The minimum atomic E-state index is -4.07. The molecular weight excluding hydrogens is 330 g/mol. The van der Waals surface area contributed by atoms with Crippen LogP contribution in [-0.2, 0) is 14.8 Å². The molecule has 0 aromatic carbocycles. The van der Waals surface area contributed by atoms with Gasteiger partial charge in [-0.25, -0.2) is 17.9 Å². The number of furan rings is 1.